The molecule has 2 amide bonds. The predicted molar refractivity (Wildman–Crippen MR) is 109 cm³/mol. The Bertz CT molecular complexity index is 769. The van der Waals surface area contributed by atoms with Crippen molar-refractivity contribution in [2.45, 2.75) is 51.0 Å². The van der Waals surface area contributed by atoms with E-state index in [0.29, 0.717) is 25.0 Å². The Morgan fingerprint density at radius 1 is 1.14 bits per heavy atom. The van der Waals surface area contributed by atoms with E-state index in [1.807, 2.05) is 42.5 Å². The summed E-state index contributed by atoms with van der Waals surface area (Å²) >= 11 is 0. The first-order valence-electron chi connectivity index (χ1n) is 9.45. The number of nitrogens with two attached hydrogens (primary N) is 1. The average Bonchev–Trinajstić information content (AvgIpc) is 2.96. The van der Waals surface area contributed by atoms with Crippen LogP contribution in [0.2, 0.25) is 0 Å². The molecule has 1 atom stereocenters. The fraction of sp³-hybridized carbons (Fsp3) is 0.381. The van der Waals surface area contributed by atoms with Gasteiger partial charge in [0.15, 0.2) is 0 Å². The number of carbonyl (C=O) groups is 2. The van der Waals surface area contributed by atoms with Gasteiger partial charge in [0.05, 0.1) is 11.8 Å². The van der Waals surface area contributed by atoms with Crippen LogP contribution in [-0.4, -0.2) is 34.0 Å². The van der Waals surface area contributed by atoms with Gasteiger partial charge in [0.25, 0.3) is 0 Å². The number of urea groups is 1. The molecular weight excluding hydrogens is 358 g/mol. The minimum absolute atomic E-state index is 0.182. The highest BCUT2D eigenvalue weighted by molar-refractivity contribution is 6.05. The van der Waals surface area contributed by atoms with Crippen LogP contribution in [0.3, 0.4) is 0 Å². The van der Waals surface area contributed by atoms with Crippen LogP contribution in [0.1, 0.15) is 50.5 Å². The van der Waals surface area contributed by atoms with Crippen molar-refractivity contribution < 1.29 is 19.8 Å². The Balaban J connectivity index is 2.10. The second kappa shape index (κ2) is 11.0. The zero-order valence-electron chi connectivity index (χ0n) is 15.8. The molecule has 28 heavy (non-hydrogen) atoms. The van der Waals surface area contributed by atoms with Gasteiger partial charge in [-0.25, -0.2) is 10.2 Å². The number of unbranched alkanes of at least 4 members (excludes halogenated alkanes) is 3. The zero-order chi connectivity index (χ0) is 20.4. The van der Waals surface area contributed by atoms with Gasteiger partial charge in [0.2, 0.25) is 0 Å². The normalized spacial score (nSPS) is 18.2. The van der Waals surface area contributed by atoms with E-state index >= 15 is 0 Å². The lowest BCUT2D eigenvalue weighted by Gasteiger charge is -2.07. The van der Waals surface area contributed by atoms with Gasteiger partial charge in [0.1, 0.15) is 0 Å². The van der Waals surface area contributed by atoms with E-state index in [4.69, 9.17) is 10.8 Å². The topological polar surface area (TPSA) is 125 Å². The number of hydrogen-bond donors (Lipinski definition) is 4. The van der Waals surface area contributed by atoms with E-state index in [0.717, 1.165) is 36.0 Å². The molecule has 0 aromatic heterocycles. The Hall–Kier alpha value is -2.93. The van der Waals surface area contributed by atoms with Gasteiger partial charge in [-0.2, -0.15) is 5.10 Å². The van der Waals surface area contributed by atoms with Crippen LogP contribution in [0, 0.1) is 0 Å². The summed E-state index contributed by atoms with van der Waals surface area (Å²) in [4.78, 5) is 21.6. The first kappa shape index (κ1) is 21.4. The number of carboxylic acid groups (broad SMARTS) is 1. The molecule has 0 radical (unpaired) electrons. The molecule has 1 unspecified atom stereocenters. The largest absolute Gasteiger partial charge is 0.481 e. The minimum atomic E-state index is -0.776. The van der Waals surface area contributed by atoms with Crippen LogP contribution >= 0.6 is 0 Å². The maximum Gasteiger partial charge on any atom is 0.332 e. The van der Waals surface area contributed by atoms with E-state index < -0.39 is 18.1 Å². The molecule has 0 heterocycles. The number of benzene rings is 1. The Labute approximate surface area is 164 Å². The number of primary amides is 1. The molecular formula is C21H27N3O4. The molecule has 1 aliphatic rings. The van der Waals surface area contributed by atoms with E-state index in [1.54, 1.807) is 0 Å². The van der Waals surface area contributed by atoms with Crippen molar-refractivity contribution in [3.8, 4) is 0 Å². The molecule has 1 aliphatic carbocycles. The lowest BCUT2D eigenvalue weighted by atomic mass is 10.0. The molecule has 2 rings (SSSR count). The van der Waals surface area contributed by atoms with Crippen molar-refractivity contribution in [1.82, 2.24) is 5.43 Å². The molecule has 5 N–H and O–H groups in total. The quantitative estimate of drug-likeness (QED) is 0.364. The monoisotopic (exact) mass is 385 g/mol. The molecule has 0 saturated heterocycles. The Morgan fingerprint density at radius 3 is 2.54 bits per heavy atom. The number of aliphatic hydroxyl groups is 1. The fourth-order valence-corrected chi connectivity index (χ4v) is 3.20. The van der Waals surface area contributed by atoms with Gasteiger partial charge in [-0.15, -0.1) is 0 Å². The number of amides is 2. The standard InChI is InChI=1S/C21H27N3O4/c22-21(28)24-23-18-14-19(25)17(13-12-15-8-4-3-5-9-15)16(18)10-6-1-2-7-11-20(26)27/h3-5,8-9,12-13,19,25H,1-2,6-7,10-11,14H2,(H,26,27)(H3,22,24,28)/b13-12+,23-18+. The van der Waals surface area contributed by atoms with Gasteiger partial charge >= 0.3 is 12.0 Å². The molecule has 150 valence electrons. The maximum atomic E-state index is 11.0. The molecule has 0 fully saturated rings. The van der Waals surface area contributed by atoms with Crippen LogP contribution in [0.5, 0.6) is 0 Å². The smallest absolute Gasteiger partial charge is 0.332 e. The third-order valence-electron chi connectivity index (χ3n) is 4.57. The highest BCUT2D eigenvalue weighted by Gasteiger charge is 2.27. The SMILES string of the molecule is NC(=O)N/N=C1\CC(O)C(/C=C/c2ccccc2)=C1CCCCCCC(=O)O. The molecule has 7 nitrogen and oxygen atoms in total. The number of rotatable bonds is 10. The first-order valence-corrected chi connectivity index (χ1v) is 9.45. The molecule has 1 aromatic rings. The lowest BCUT2D eigenvalue weighted by molar-refractivity contribution is -0.137. The van der Waals surface area contributed by atoms with Crippen LogP contribution in [0.4, 0.5) is 4.79 Å². The number of carbonyl (C=O) groups excluding carboxylic acids is 1. The van der Waals surface area contributed by atoms with Crippen LogP contribution < -0.4 is 11.2 Å². The number of aliphatic hydroxyl groups excluding tert-OH is 1. The summed E-state index contributed by atoms with van der Waals surface area (Å²) in [6.45, 7) is 0. The van der Waals surface area contributed by atoms with Crippen molar-refractivity contribution in [2.24, 2.45) is 10.8 Å². The number of nitrogens with zero attached hydrogens (tertiary/aromatic N) is 1. The number of nitrogens with one attached hydrogen (secondary N) is 1. The van der Waals surface area contributed by atoms with Gasteiger partial charge in [-0.05, 0) is 36.0 Å². The van der Waals surface area contributed by atoms with Gasteiger partial charge in [0, 0.05) is 12.8 Å². The Kier molecular flexibility index (Phi) is 8.42. The zero-order valence-corrected chi connectivity index (χ0v) is 15.8. The predicted octanol–water partition coefficient (Wildman–Crippen LogP) is 3.21. The number of carboxylic acids is 1. The first-order chi connectivity index (χ1) is 13.5. The van der Waals surface area contributed by atoms with Crippen molar-refractivity contribution in [3.63, 3.8) is 0 Å². The van der Waals surface area contributed by atoms with Crippen molar-refractivity contribution in [1.29, 1.82) is 0 Å². The summed E-state index contributed by atoms with van der Waals surface area (Å²) in [6.07, 6.45) is 7.57. The Morgan fingerprint density at radius 2 is 1.86 bits per heavy atom. The van der Waals surface area contributed by atoms with Crippen LogP contribution in [0.25, 0.3) is 6.08 Å². The van der Waals surface area contributed by atoms with Crippen LogP contribution in [0.15, 0.2) is 52.7 Å². The number of hydrogen-bond acceptors (Lipinski definition) is 4. The van der Waals surface area contributed by atoms with E-state index in [1.165, 1.54) is 0 Å². The highest BCUT2D eigenvalue weighted by atomic mass is 16.4. The van der Waals surface area contributed by atoms with Gasteiger partial charge in [-0.1, -0.05) is 55.3 Å². The third-order valence-corrected chi connectivity index (χ3v) is 4.57. The number of aliphatic carboxylic acids is 1. The molecule has 0 spiro atoms. The summed E-state index contributed by atoms with van der Waals surface area (Å²) < 4.78 is 0. The lowest BCUT2D eigenvalue weighted by Crippen LogP contribution is -2.26. The van der Waals surface area contributed by atoms with Gasteiger partial charge in [-0.3, -0.25) is 4.79 Å². The molecule has 0 bridgehead atoms. The molecule has 1 aromatic carbocycles. The van der Waals surface area contributed by atoms with E-state index in [2.05, 4.69) is 10.5 Å². The van der Waals surface area contributed by atoms with Crippen molar-refractivity contribution in [3.05, 3.63) is 53.1 Å². The van der Waals surface area contributed by atoms with E-state index in [9.17, 15) is 14.7 Å². The molecule has 0 saturated carbocycles. The minimum Gasteiger partial charge on any atom is -0.481 e. The average molecular weight is 385 g/mol. The summed E-state index contributed by atoms with van der Waals surface area (Å²) in [6, 6.07) is 9.04. The highest BCUT2D eigenvalue weighted by Crippen LogP contribution is 2.30. The summed E-state index contributed by atoms with van der Waals surface area (Å²) in [7, 11) is 0. The molecule has 0 aliphatic heterocycles. The van der Waals surface area contributed by atoms with Crippen LogP contribution in [-0.2, 0) is 4.79 Å². The number of hydrazone groups is 1. The number of allylic oxidation sites excluding steroid dienone is 1. The van der Waals surface area contributed by atoms with Crippen molar-refractivity contribution >= 4 is 23.8 Å². The van der Waals surface area contributed by atoms with Gasteiger partial charge < -0.3 is 15.9 Å². The summed E-state index contributed by atoms with van der Waals surface area (Å²) in [5, 5.41) is 23.2. The van der Waals surface area contributed by atoms with E-state index in [-0.39, 0.29) is 6.42 Å². The molecule has 7 heteroatoms. The van der Waals surface area contributed by atoms with Crippen molar-refractivity contribution in [2.75, 3.05) is 0 Å². The maximum absolute atomic E-state index is 11.0. The second-order valence-corrected chi connectivity index (χ2v) is 6.74. The fourth-order valence-electron chi connectivity index (χ4n) is 3.20. The summed E-state index contributed by atoms with van der Waals surface area (Å²) in [5.74, 6) is -0.776. The second-order valence-electron chi connectivity index (χ2n) is 6.74. The summed E-state index contributed by atoms with van der Waals surface area (Å²) in [5.41, 5.74) is 10.7. The third kappa shape index (κ3) is 7.00.